The zero-order valence-electron chi connectivity index (χ0n) is 8.89. The molecule has 0 radical (unpaired) electrons. The van der Waals surface area contributed by atoms with Gasteiger partial charge in [-0.15, -0.1) is 0 Å². The summed E-state index contributed by atoms with van der Waals surface area (Å²) in [5.41, 5.74) is -1.09. The van der Waals surface area contributed by atoms with Crippen molar-refractivity contribution in [2.75, 3.05) is 0 Å². The van der Waals surface area contributed by atoms with Crippen LogP contribution in [-0.2, 0) is 14.1 Å². The minimum absolute atomic E-state index is 0.00403. The molecule has 0 aliphatic heterocycles. The Morgan fingerprint density at radius 2 is 2.38 bits per heavy atom. The molecule has 6 nitrogen and oxygen atoms in total. The quantitative estimate of drug-likeness (QED) is 0.565. The Labute approximate surface area is 75.3 Å². The van der Waals surface area contributed by atoms with Gasteiger partial charge in [-0.3, -0.25) is 13.9 Å². The summed E-state index contributed by atoms with van der Waals surface area (Å²) < 4.78 is 16.4. The average Bonchev–Trinajstić information content (AvgIpc) is 2.58. The molecule has 0 aromatic carbocycles. The van der Waals surface area contributed by atoms with Gasteiger partial charge >= 0.3 is 5.69 Å². The van der Waals surface area contributed by atoms with Crippen molar-refractivity contribution in [1.82, 2.24) is 19.1 Å². The number of imidazole rings is 1. The Balaban J connectivity index is 3.13. The van der Waals surface area contributed by atoms with Crippen LogP contribution in [0.1, 0.15) is 1.37 Å². The number of hydrogen-bond donors (Lipinski definition) is 1. The minimum Gasteiger partial charge on any atom is -0.339 e. The highest BCUT2D eigenvalue weighted by Crippen LogP contribution is 1.97. The summed E-state index contributed by atoms with van der Waals surface area (Å²) in [6.07, 6.45) is 1.14. The number of nitrogens with one attached hydrogen (secondary N) is 1. The SMILES string of the molecule is [2H]Cn1c(=O)c2c(ncn2[2H])n(C)c1=O. The first kappa shape index (κ1) is 5.74. The van der Waals surface area contributed by atoms with Crippen LogP contribution in [0.2, 0.25) is 1.41 Å². The van der Waals surface area contributed by atoms with Crippen LogP contribution in [0.5, 0.6) is 0 Å². The number of aromatic amines is 1. The summed E-state index contributed by atoms with van der Waals surface area (Å²) in [5, 5.41) is 0. The van der Waals surface area contributed by atoms with Crippen LogP contribution < -0.4 is 11.2 Å². The summed E-state index contributed by atoms with van der Waals surface area (Å²) in [6, 6.07) is 0. The molecule has 0 saturated heterocycles. The van der Waals surface area contributed by atoms with Crippen molar-refractivity contribution in [3.8, 4) is 0 Å². The highest BCUT2D eigenvalue weighted by Gasteiger charge is 2.08. The molecule has 0 unspecified atom stereocenters. The molecule has 1 N–H and O–H groups in total. The van der Waals surface area contributed by atoms with Crippen LogP contribution in [0.15, 0.2) is 15.9 Å². The Morgan fingerprint density at radius 1 is 1.62 bits per heavy atom. The van der Waals surface area contributed by atoms with Gasteiger partial charge in [-0.05, 0) is 0 Å². The van der Waals surface area contributed by atoms with Crippen molar-refractivity contribution < 1.29 is 2.78 Å². The van der Waals surface area contributed by atoms with Crippen LogP contribution in [0.25, 0.3) is 11.2 Å². The van der Waals surface area contributed by atoms with Gasteiger partial charge in [0.15, 0.2) is 7.06 Å². The Morgan fingerprint density at radius 3 is 3.08 bits per heavy atom. The van der Waals surface area contributed by atoms with Crippen LogP contribution in [0, 0.1) is 0 Å². The summed E-state index contributed by atoms with van der Waals surface area (Å²) in [7, 11) is 0.982. The minimum atomic E-state index is -0.657. The molecule has 0 amide bonds. The van der Waals surface area contributed by atoms with Gasteiger partial charge in [0.05, 0.1) is 6.33 Å². The van der Waals surface area contributed by atoms with Crippen LogP contribution in [-0.4, -0.2) is 19.1 Å². The normalized spacial score (nSPS) is 13.0. The lowest BCUT2D eigenvalue weighted by Crippen LogP contribution is -2.36. The van der Waals surface area contributed by atoms with Gasteiger partial charge in [-0.1, -0.05) is 0 Å². The predicted molar refractivity (Wildman–Crippen MR) is 46.6 cm³/mol. The maximum absolute atomic E-state index is 11.7. The lowest BCUT2D eigenvalue weighted by Gasteiger charge is -2.00. The van der Waals surface area contributed by atoms with E-state index in [2.05, 4.69) is 4.98 Å². The Bertz CT molecular complexity index is 639. The van der Waals surface area contributed by atoms with Crippen LogP contribution in [0.3, 0.4) is 0 Å². The molecule has 2 aromatic heterocycles. The van der Waals surface area contributed by atoms with Crippen molar-refractivity contribution >= 4 is 11.2 Å². The topological polar surface area (TPSA) is 72.7 Å². The summed E-state index contributed by atoms with van der Waals surface area (Å²) >= 11 is 0. The van der Waals surface area contributed by atoms with E-state index in [9.17, 15) is 9.59 Å². The van der Waals surface area contributed by atoms with Crippen molar-refractivity contribution in [2.24, 2.45) is 14.1 Å². The molecule has 0 bridgehead atoms. The smallest absolute Gasteiger partial charge is 0.332 e. The highest BCUT2D eigenvalue weighted by atomic mass is 16.2. The number of fused-ring (bicyclic) bond motifs is 1. The van der Waals surface area contributed by atoms with Crippen molar-refractivity contribution in [3.63, 3.8) is 0 Å². The van der Waals surface area contributed by atoms with Gasteiger partial charge in [0.2, 0.25) is 0 Å². The van der Waals surface area contributed by atoms with E-state index >= 15 is 0 Å². The van der Waals surface area contributed by atoms with E-state index in [0.29, 0.717) is 0 Å². The first-order valence-corrected chi connectivity index (χ1v) is 3.53. The van der Waals surface area contributed by atoms with Gasteiger partial charge in [0.1, 0.15) is 5.52 Å². The number of H-pyrrole nitrogens is 1. The van der Waals surface area contributed by atoms with Gasteiger partial charge in [0.25, 0.3) is 5.56 Å². The molecule has 6 heteroatoms. The van der Waals surface area contributed by atoms with Gasteiger partial charge in [-0.2, -0.15) is 0 Å². The average molecular weight is 182 g/mol. The van der Waals surface area contributed by atoms with E-state index in [4.69, 9.17) is 2.78 Å². The fraction of sp³-hybridized carbons (Fsp3) is 0.286. The zero-order chi connectivity index (χ0) is 11.2. The number of rotatable bonds is 0. The van der Waals surface area contributed by atoms with E-state index in [1.807, 2.05) is 0 Å². The predicted octanol–water partition coefficient (Wildman–Crippen LogP) is -1.04. The first-order chi connectivity index (χ1) is 7.07. The van der Waals surface area contributed by atoms with E-state index in [1.165, 1.54) is 7.05 Å². The molecule has 0 saturated carbocycles. The summed E-state index contributed by atoms with van der Waals surface area (Å²) in [6.45, 7) is 0. The van der Waals surface area contributed by atoms with Gasteiger partial charge in [0, 0.05) is 15.4 Å². The maximum Gasteiger partial charge on any atom is 0.332 e. The third kappa shape index (κ3) is 0.851. The molecule has 0 fully saturated rings. The number of hydrogen-bond acceptors (Lipinski definition) is 3. The molecule has 2 rings (SSSR count). The second-order valence-electron chi connectivity index (χ2n) is 2.62. The van der Waals surface area contributed by atoms with E-state index in [-0.39, 0.29) is 11.2 Å². The second kappa shape index (κ2) is 2.32. The number of aromatic nitrogens is 4. The zero-order valence-corrected chi connectivity index (χ0v) is 6.89. The van der Waals surface area contributed by atoms with Crippen LogP contribution >= 0.6 is 0 Å². The lowest BCUT2D eigenvalue weighted by molar-refractivity contribution is 0.709. The summed E-state index contributed by atoms with van der Waals surface area (Å²) in [5.74, 6) is 0. The second-order valence-corrected chi connectivity index (χ2v) is 2.62. The van der Waals surface area contributed by atoms with E-state index < -0.39 is 18.3 Å². The first-order valence-electron chi connectivity index (χ1n) is 4.68. The molecule has 13 heavy (non-hydrogen) atoms. The van der Waals surface area contributed by atoms with E-state index in [0.717, 1.165) is 20.4 Å². The third-order valence-electron chi connectivity index (χ3n) is 1.86. The lowest BCUT2D eigenvalue weighted by atomic mass is 10.5. The van der Waals surface area contributed by atoms with Gasteiger partial charge < -0.3 is 4.98 Å². The third-order valence-corrected chi connectivity index (χ3v) is 1.86. The molecular weight excluding hydrogens is 172 g/mol. The van der Waals surface area contributed by atoms with Crippen molar-refractivity contribution in [3.05, 3.63) is 27.2 Å². The molecule has 68 valence electrons. The fourth-order valence-corrected chi connectivity index (χ4v) is 1.14. The molecule has 0 aliphatic carbocycles. The standard InChI is InChI=1S/C7H8N4O2/c1-10-5-4(8-3-9-5)6(12)11(2)7(10)13/h3H,1-2H3,(H,8,9)/i2D/hD. The highest BCUT2D eigenvalue weighted by molar-refractivity contribution is 5.68. The Hall–Kier alpha value is -1.85. The van der Waals surface area contributed by atoms with Gasteiger partial charge in [-0.25, -0.2) is 9.78 Å². The largest absolute Gasteiger partial charge is 0.339 e. The number of aryl methyl sites for hydroxylation is 1. The van der Waals surface area contributed by atoms with Crippen molar-refractivity contribution in [1.29, 1.82) is 0 Å². The monoisotopic (exact) mass is 182 g/mol. The maximum atomic E-state index is 11.7. The Kier molecular flexibility index (Phi) is 1.02. The number of nitrogens with zero attached hydrogens (tertiary/aromatic N) is 3. The molecular formula is C7H8N4O2. The molecule has 0 spiro atoms. The molecule has 2 aromatic rings. The molecule has 2 heterocycles. The summed E-state index contributed by atoms with van der Waals surface area (Å²) in [4.78, 5) is 27.8. The van der Waals surface area contributed by atoms with E-state index in [1.54, 1.807) is 0 Å². The van der Waals surface area contributed by atoms with Crippen LogP contribution in [0.4, 0.5) is 0 Å². The fourth-order valence-electron chi connectivity index (χ4n) is 1.14. The molecule has 0 atom stereocenters. The van der Waals surface area contributed by atoms with Crippen molar-refractivity contribution in [2.45, 2.75) is 0 Å². The molecule has 0 aliphatic rings.